The van der Waals surface area contributed by atoms with Crippen LogP contribution in [0.15, 0.2) is 45.3 Å². The lowest BCUT2D eigenvalue weighted by Crippen LogP contribution is -2.38. The Morgan fingerprint density at radius 2 is 2.00 bits per heavy atom. The zero-order valence-electron chi connectivity index (χ0n) is 14.2. The molecule has 1 atom stereocenters. The number of carbonyl (C=O) groups is 1. The molecule has 0 saturated heterocycles. The molecule has 2 aromatic heterocycles. The standard InChI is InChI=1S/C18H19N3O4/c1-11-8-9-15(24-11)18(3,23)10-19-16(22)13-6-4-5-7-14(13)17-20-12(2)21-25-17/h4-9,23H,10H2,1-3H3,(H,19,22). The monoisotopic (exact) mass is 341 g/mol. The van der Waals surface area contributed by atoms with E-state index in [2.05, 4.69) is 15.5 Å². The van der Waals surface area contributed by atoms with E-state index in [0.29, 0.717) is 28.5 Å². The highest BCUT2D eigenvalue weighted by molar-refractivity contribution is 5.99. The number of aliphatic hydroxyl groups is 1. The average Bonchev–Trinajstić information content (AvgIpc) is 3.21. The first-order valence-electron chi connectivity index (χ1n) is 7.84. The molecule has 0 fully saturated rings. The average molecular weight is 341 g/mol. The Bertz CT molecular complexity index is 895. The van der Waals surface area contributed by atoms with E-state index in [1.54, 1.807) is 57.2 Å². The van der Waals surface area contributed by atoms with Crippen LogP contribution in [0.3, 0.4) is 0 Å². The van der Waals surface area contributed by atoms with Gasteiger partial charge in [0.1, 0.15) is 17.1 Å². The zero-order valence-corrected chi connectivity index (χ0v) is 14.2. The van der Waals surface area contributed by atoms with Gasteiger partial charge in [0, 0.05) is 0 Å². The van der Waals surface area contributed by atoms with E-state index < -0.39 is 5.60 Å². The van der Waals surface area contributed by atoms with E-state index in [0.717, 1.165) is 0 Å². The second-order valence-electron chi connectivity index (χ2n) is 6.06. The molecule has 3 rings (SSSR count). The normalized spacial score (nSPS) is 13.4. The Morgan fingerprint density at radius 1 is 1.24 bits per heavy atom. The van der Waals surface area contributed by atoms with Crippen molar-refractivity contribution in [1.82, 2.24) is 15.5 Å². The molecule has 1 unspecified atom stereocenters. The summed E-state index contributed by atoms with van der Waals surface area (Å²) < 4.78 is 10.6. The highest BCUT2D eigenvalue weighted by Crippen LogP contribution is 2.24. The summed E-state index contributed by atoms with van der Waals surface area (Å²) in [6.45, 7) is 5.08. The number of benzene rings is 1. The van der Waals surface area contributed by atoms with Crippen LogP contribution >= 0.6 is 0 Å². The van der Waals surface area contributed by atoms with Crippen molar-refractivity contribution >= 4 is 5.91 Å². The summed E-state index contributed by atoms with van der Waals surface area (Å²) in [5, 5.41) is 17.0. The van der Waals surface area contributed by atoms with E-state index >= 15 is 0 Å². The molecule has 3 aromatic rings. The first-order chi connectivity index (χ1) is 11.9. The van der Waals surface area contributed by atoms with Crippen LogP contribution in [-0.4, -0.2) is 27.7 Å². The van der Waals surface area contributed by atoms with Gasteiger partial charge in [-0.3, -0.25) is 4.79 Å². The van der Waals surface area contributed by atoms with Gasteiger partial charge in [-0.15, -0.1) is 0 Å². The molecule has 0 saturated carbocycles. The summed E-state index contributed by atoms with van der Waals surface area (Å²) in [6.07, 6.45) is 0. The van der Waals surface area contributed by atoms with Crippen LogP contribution in [0.2, 0.25) is 0 Å². The third-order valence-corrected chi connectivity index (χ3v) is 3.79. The summed E-state index contributed by atoms with van der Waals surface area (Å²) in [5.41, 5.74) is -0.397. The smallest absolute Gasteiger partial charge is 0.258 e. The molecule has 0 spiro atoms. The molecule has 1 aromatic carbocycles. The number of aromatic nitrogens is 2. The van der Waals surface area contributed by atoms with Gasteiger partial charge in [-0.25, -0.2) is 0 Å². The van der Waals surface area contributed by atoms with Crippen molar-refractivity contribution in [2.45, 2.75) is 26.4 Å². The van der Waals surface area contributed by atoms with Gasteiger partial charge in [0.25, 0.3) is 11.8 Å². The summed E-state index contributed by atoms with van der Waals surface area (Å²) in [6, 6.07) is 10.4. The molecule has 25 heavy (non-hydrogen) atoms. The van der Waals surface area contributed by atoms with Crippen molar-refractivity contribution < 1.29 is 18.8 Å². The Balaban J connectivity index is 1.78. The Morgan fingerprint density at radius 3 is 2.64 bits per heavy atom. The van der Waals surface area contributed by atoms with Crippen molar-refractivity contribution in [2.75, 3.05) is 6.54 Å². The van der Waals surface area contributed by atoms with Gasteiger partial charge in [-0.05, 0) is 45.0 Å². The van der Waals surface area contributed by atoms with Crippen LogP contribution in [0, 0.1) is 13.8 Å². The number of rotatable bonds is 5. The second kappa shape index (κ2) is 6.52. The number of nitrogens with zero attached hydrogens (tertiary/aromatic N) is 2. The molecule has 7 heteroatoms. The SMILES string of the molecule is Cc1noc(-c2ccccc2C(=O)NCC(C)(O)c2ccc(C)o2)n1. The van der Waals surface area contributed by atoms with Crippen LogP contribution in [0.5, 0.6) is 0 Å². The van der Waals surface area contributed by atoms with Crippen molar-refractivity contribution in [2.24, 2.45) is 0 Å². The molecule has 0 aliphatic carbocycles. The van der Waals surface area contributed by atoms with Gasteiger partial charge in [0.05, 0.1) is 17.7 Å². The lowest BCUT2D eigenvalue weighted by atomic mass is 10.0. The van der Waals surface area contributed by atoms with Crippen molar-refractivity contribution in [1.29, 1.82) is 0 Å². The van der Waals surface area contributed by atoms with Gasteiger partial charge in [0.2, 0.25) is 0 Å². The quantitative estimate of drug-likeness (QED) is 0.739. The number of amides is 1. The topological polar surface area (TPSA) is 101 Å². The zero-order chi connectivity index (χ0) is 18.0. The molecule has 0 radical (unpaired) electrons. The molecular weight excluding hydrogens is 322 g/mol. The van der Waals surface area contributed by atoms with Crippen molar-refractivity contribution in [3.05, 3.63) is 59.3 Å². The molecule has 1 amide bonds. The molecule has 130 valence electrons. The van der Waals surface area contributed by atoms with Crippen LogP contribution in [0.4, 0.5) is 0 Å². The van der Waals surface area contributed by atoms with Crippen LogP contribution in [0.25, 0.3) is 11.5 Å². The third kappa shape index (κ3) is 3.61. The van der Waals surface area contributed by atoms with E-state index in [-0.39, 0.29) is 18.3 Å². The largest absolute Gasteiger partial charge is 0.463 e. The van der Waals surface area contributed by atoms with Crippen molar-refractivity contribution in [3.63, 3.8) is 0 Å². The predicted octanol–water partition coefficient (Wildman–Crippen LogP) is 2.58. The number of aryl methyl sites for hydroxylation is 2. The maximum Gasteiger partial charge on any atom is 0.258 e. The minimum absolute atomic E-state index is 0.00399. The summed E-state index contributed by atoms with van der Waals surface area (Å²) >= 11 is 0. The predicted molar refractivity (Wildman–Crippen MR) is 89.8 cm³/mol. The fourth-order valence-electron chi connectivity index (χ4n) is 2.43. The number of hydrogen-bond donors (Lipinski definition) is 2. The summed E-state index contributed by atoms with van der Waals surface area (Å²) in [4.78, 5) is 16.7. The summed E-state index contributed by atoms with van der Waals surface area (Å²) in [7, 11) is 0. The van der Waals surface area contributed by atoms with E-state index in [1.807, 2.05) is 0 Å². The maximum absolute atomic E-state index is 12.6. The molecule has 7 nitrogen and oxygen atoms in total. The molecule has 2 N–H and O–H groups in total. The van der Waals surface area contributed by atoms with Crippen LogP contribution in [-0.2, 0) is 5.60 Å². The Kier molecular flexibility index (Phi) is 4.41. The van der Waals surface area contributed by atoms with Gasteiger partial charge in [0.15, 0.2) is 5.82 Å². The van der Waals surface area contributed by atoms with E-state index in [4.69, 9.17) is 8.94 Å². The van der Waals surface area contributed by atoms with Gasteiger partial charge in [-0.2, -0.15) is 4.98 Å². The lowest BCUT2D eigenvalue weighted by molar-refractivity contribution is 0.0323. The first kappa shape index (κ1) is 16.9. The highest BCUT2D eigenvalue weighted by Gasteiger charge is 2.28. The fourth-order valence-corrected chi connectivity index (χ4v) is 2.43. The minimum Gasteiger partial charge on any atom is -0.463 e. The second-order valence-corrected chi connectivity index (χ2v) is 6.06. The Hall–Kier alpha value is -2.93. The molecular formula is C18H19N3O4. The van der Waals surface area contributed by atoms with Gasteiger partial charge < -0.3 is 19.4 Å². The highest BCUT2D eigenvalue weighted by atomic mass is 16.5. The van der Waals surface area contributed by atoms with Gasteiger partial charge in [-0.1, -0.05) is 17.3 Å². The Labute approximate surface area is 144 Å². The molecule has 0 aliphatic rings. The number of hydrogen-bond acceptors (Lipinski definition) is 6. The van der Waals surface area contributed by atoms with E-state index in [1.165, 1.54) is 0 Å². The number of nitrogens with one attached hydrogen (secondary N) is 1. The number of furan rings is 1. The fraction of sp³-hybridized carbons (Fsp3) is 0.278. The van der Waals surface area contributed by atoms with Crippen LogP contribution < -0.4 is 5.32 Å². The molecule has 2 heterocycles. The van der Waals surface area contributed by atoms with E-state index in [9.17, 15) is 9.90 Å². The lowest BCUT2D eigenvalue weighted by Gasteiger charge is -2.21. The molecule has 0 aliphatic heterocycles. The minimum atomic E-state index is -1.32. The third-order valence-electron chi connectivity index (χ3n) is 3.79. The summed E-state index contributed by atoms with van der Waals surface area (Å²) in [5.74, 6) is 1.50. The van der Waals surface area contributed by atoms with Crippen molar-refractivity contribution in [3.8, 4) is 11.5 Å². The number of carbonyl (C=O) groups excluding carboxylic acids is 1. The maximum atomic E-state index is 12.6. The molecule has 0 bridgehead atoms. The van der Waals surface area contributed by atoms with Crippen LogP contribution in [0.1, 0.15) is 34.6 Å². The van der Waals surface area contributed by atoms with Gasteiger partial charge >= 0.3 is 0 Å². The first-order valence-corrected chi connectivity index (χ1v) is 7.84.